The number of aromatic amines is 1. The van der Waals surface area contributed by atoms with Gasteiger partial charge in [0.25, 0.3) is 0 Å². The molecular weight excluding hydrogens is 134 g/mol. The minimum atomic E-state index is 0.803. The minimum Gasteiger partial charge on any atom is -0.263 e. The van der Waals surface area contributed by atoms with Crippen molar-refractivity contribution < 1.29 is 0 Å². The van der Waals surface area contributed by atoms with Crippen molar-refractivity contribution >= 4 is 12.6 Å². The Morgan fingerprint density at radius 1 is 1.33 bits per heavy atom. The van der Waals surface area contributed by atoms with Gasteiger partial charge in [0.2, 0.25) is 0 Å². The largest absolute Gasteiger partial charge is 0.263 e. The summed E-state index contributed by atoms with van der Waals surface area (Å²) in [6.45, 7) is 3.73. The number of hydrogen-bond donors (Lipinski definition) is 2. The molecule has 1 heterocycles. The number of hydrogen-bond acceptors (Lipinski definition) is 3. The Labute approximate surface area is 60.3 Å². The van der Waals surface area contributed by atoms with Crippen LogP contribution >= 0.6 is 12.6 Å². The number of aromatic nitrogens is 3. The van der Waals surface area contributed by atoms with Crippen LogP contribution < -0.4 is 0 Å². The third-order valence-corrected chi connectivity index (χ3v) is 0.709. The lowest BCUT2D eigenvalue weighted by atomic mass is 10.7. The monoisotopic (exact) mass is 145 g/mol. The van der Waals surface area contributed by atoms with E-state index >= 15 is 0 Å². The summed E-state index contributed by atoms with van der Waals surface area (Å²) in [5, 5.41) is 6.49. The van der Waals surface area contributed by atoms with Crippen LogP contribution in [-0.2, 0) is 0 Å². The van der Waals surface area contributed by atoms with Gasteiger partial charge in [-0.1, -0.05) is 0 Å². The molecule has 3 nitrogen and oxygen atoms in total. The van der Waals surface area contributed by atoms with Gasteiger partial charge in [-0.2, -0.15) is 17.7 Å². The summed E-state index contributed by atoms with van der Waals surface area (Å²) in [4.78, 5) is 3.94. The molecule has 0 spiro atoms. The summed E-state index contributed by atoms with van der Waals surface area (Å²) in [5.41, 5.74) is 0. The second-order valence-electron chi connectivity index (χ2n) is 1.47. The highest BCUT2D eigenvalue weighted by molar-refractivity contribution is 7.79. The third-order valence-electron chi connectivity index (χ3n) is 0.709. The Bertz CT molecular complexity index is 144. The smallest absolute Gasteiger partial charge is 0.147 e. The molecule has 0 bridgehead atoms. The van der Waals surface area contributed by atoms with Gasteiger partial charge in [0.1, 0.15) is 11.6 Å². The number of aryl methyl sites for hydroxylation is 2. The molecule has 0 saturated carbocycles. The second-order valence-corrected chi connectivity index (χ2v) is 1.47. The molecule has 1 aromatic heterocycles. The quantitative estimate of drug-likeness (QED) is 0.534. The fraction of sp³-hybridized carbons (Fsp3) is 0.600. The number of thiol groups is 1. The molecule has 0 aromatic carbocycles. The van der Waals surface area contributed by atoms with E-state index in [0.29, 0.717) is 0 Å². The fourth-order valence-electron chi connectivity index (χ4n) is 0.455. The van der Waals surface area contributed by atoms with Crippen molar-refractivity contribution in [2.45, 2.75) is 13.8 Å². The average molecular weight is 145 g/mol. The Morgan fingerprint density at radius 3 is 2.00 bits per heavy atom. The standard InChI is InChI=1S/C4H7N3.CH4S/c1-3-5-4(2)7-6-3;1-2/h1-2H3,(H,5,6,7);2H,1H3. The fourth-order valence-corrected chi connectivity index (χ4v) is 0.455. The number of nitrogens with zero attached hydrogens (tertiary/aromatic N) is 2. The van der Waals surface area contributed by atoms with Crippen LogP contribution in [0.5, 0.6) is 0 Å². The number of H-pyrrole nitrogens is 1. The van der Waals surface area contributed by atoms with E-state index in [1.165, 1.54) is 0 Å². The molecule has 0 fully saturated rings. The van der Waals surface area contributed by atoms with Crippen LogP contribution in [0.4, 0.5) is 0 Å². The van der Waals surface area contributed by atoms with Gasteiger partial charge in [-0.25, -0.2) is 4.98 Å². The van der Waals surface area contributed by atoms with Crippen molar-refractivity contribution in [3.05, 3.63) is 11.6 Å². The van der Waals surface area contributed by atoms with Crippen molar-refractivity contribution in [2.75, 3.05) is 6.26 Å². The van der Waals surface area contributed by atoms with Crippen LogP contribution in [0.25, 0.3) is 0 Å². The normalized spacial score (nSPS) is 8.00. The molecule has 1 rings (SSSR count). The molecule has 0 saturated heterocycles. The highest BCUT2D eigenvalue weighted by Crippen LogP contribution is 1.83. The van der Waals surface area contributed by atoms with E-state index in [-0.39, 0.29) is 0 Å². The number of rotatable bonds is 0. The maximum atomic E-state index is 3.94. The van der Waals surface area contributed by atoms with Gasteiger partial charge in [0.15, 0.2) is 0 Å². The first-order valence-corrected chi connectivity index (χ1v) is 3.49. The van der Waals surface area contributed by atoms with Gasteiger partial charge in [-0.05, 0) is 20.1 Å². The predicted molar refractivity (Wildman–Crippen MR) is 40.8 cm³/mol. The van der Waals surface area contributed by atoms with Crippen LogP contribution in [0, 0.1) is 13.8 Å². The highest BCUT2D eigenvalue weighted by Gasteiger charge is 1.86. The van der Waals surface area contributed by atoms with Crippen LogP contribution in [-0.4, -0.2) is 21.4 Å². The first-order valence-electron chi connectivity index (χ1n) is 2.59. The van der Waals surface area contributed by atoms with Crippen LogP contribution in [0.1, 0.15) is 11.6 Å². The summed E-state index contributed by atoms with van der Waals surface area (Å²) in [5.74, 6) is 1.68. The Morgan fingerprint density at radius 2 is 1.89 bits per heavy atom. The van der Waals surface area contributed by atoms with Crippen molar-refractivity contribution in [2.24, 2.45) is 0 Å². The Kier molecular flexibility index (Phi) is 4.13. The highest BCUT2D eigenvalue weighted by atomic mass is 32.1. The molecule has 0 aliphatic rings. The Hall–Kier alpha value is -0.510. The average Bonchev–Trinajstić information content (AvgIpc) is 2.20. The molecule has 4 heteroatoms. The zero-order chi connectivity index (χ0) is 7.28. The molecule has 1 N–H and O–H groups in total. The van der Waals surface area contributed by atoms with E-state index in [1.807, 2.05) is 13.8 Å². The van der Waals surface area contributed by atoms with Crippen molar-refractivity contribution in [3.63, 3.8) is 0 Å². The summed E-state index contributed by atoms with van der Waals surface area (Å²) in [6.07, 6.45) is 1.69. The van der Waals surface area contributed by atoms with E-state index in [1.54, 1.807) is 6.26 Å². The van der Waals surface area contributed by atoms with Crippen molar-refractivity contribution in [1.29, 1.82) is 0 Å². The topological polar surface area (TPSA) is 41.6 Å². The van der Waals surface area contributed by atoms with Crippen LogP contribution in [0.15, 0.2) is 0 Å². The summed E-state index contributed by atoms with van der Waals surface area (Å²) in [6, 6.07) is 0. The lowest BCUT2D eigenvalue weighted by molar-refractivity contribution is 1.02. The predicted octanol–water partition coefficient (Wildman–Crippen LogP) is 0.968. The van der Waals surface area contributed by atoms with Gasteiger partial charge < -0.3 is 0 Å². The van der Waals surface area contributed by atoms with E-state index in [9.17, 15) is 0 Å². The molecule has 0 aliphatic carbocycles. The lowest BCUT2D eigenvalue weighted by Crippen LogP contribution is -1.70. The molecule has 0 atom stereocenters. The third kappa shape index (κ3) is 3.13. The molecule has 0 unspecified atom stereocenters. The van der Waals surface area contributed by atoms with Crippen molar-refractivity contribution in [3.8, 4) is 0 Å². The SMILES string of the molecule is CS.Cc1n[nH]c(C)n1. The van der Waals surface area contributed by atoms with Crippen LogP contribution in [0.2, 0.25) is 0 Å². The zero-order valence-electron chi connectivity index (χ0n) is 5.84. The van der Waals surface area contributed by atoms with E-state index in [4.69, 9.17) is 0 Å². The molecule has 1 aromatic rings. The van der Waals surface area contributed by atoms with E-state index in [0.717, 1.165) is 11.6 Å². The summed E-state index contributed by atoms with van der Waals surface area (Å²) >= 11 is 3.53. The molecule has 52 valence electrons. The minimum absolute atomic E-state index is 0.803. The summed E-state index contributed by atoms with van der Waals surface area (Å²) < 4.78 is 0. The molecule has 0 aliphatic heterocycles. The second kappa shape index (κ2) is 4.38. The van der Waals surface area contributed by atoms with Crippen LogP contribution in [0.3, 0.4) is 0 Å². The van der Waals surface area contributed by atoms with Gasteiger partial charge >= 0.3 is 0 Å². The molecule has 0 radical (unpaired) electrons. The molecule has 0 amide bonds. The van der Waals surface area contributed by atoms with E-state index < -0.39 is 0 Å². The van der Waals surface area contributed by atoms with Crippen molar-refractivity contribution in [1.82, 2.24) is 15.2 Å². The molecule has 9 heavy (non-hydrogen) atoms. The maximum Gasteiger partial charge on any atom is 0.147 e. The Balaban J connectivity index is 0.000000291. The first-order chi connectivity index (χ1) is 4.29. The molecular formula is C5H11N3S. The van der Waals surface area contributed by atoms with Gasteiger partial charge in [0.05, 0.1) is 0 Å². The lowest BCUT2D eigenvalue weighted by Gasteiger charge is -1.68. The van der Waals surface area contributed by atoms with Gasteiger partial charge in [-0.15, -0.1) is 0 Å². The van der Waals surface area contributed by atoms with Gasteiger partial charge in [-0.3, -0.25) is 5.10 Å². The number of nitrogens with one attached hydrogen (secondary N) is 1. The van der Waals surface area contributed by atoms with Gasteiger partial charge in [0, 0.05) is 0 Å². The van der Waals surface area contributed by atoms with E-state index in [2.05, 4.69) is 27.8 Å². The summed E-state index contributed by atoms with van der Waals surface area (Å²) in [7, 11) is 0. The zero-order valence-corrected chi connectivity index (χ0v) is 6.74. The first kappa shape index (κ1) is 8.49. The maximum absolute atomic E-state index is 3.94.